The van der Waals surface area contributed by atoms with Crippen LogP contribution in [0.15, 0.2) is 12.4 Å². The van der Waals surface area contributed by atoms with Crippen molar-refractivity contribution in [3.05, 3.63) is 18.2 Å². The lowest BCUT2D eigenvalue weighted by atomic mass is 9.76. The van der Waals surface area contributed by atoms with E-state index in [1.54, 1.807) is 0 Å². The van der Waals surface area contributed by atoms with Crippen LogP contribution in [-0.4, -0.2) is 50.5 Å². The molecule has 0 aromatic carbocycles. The topological polar surface area (TPSA) is 143 Å². The van der Waals surface area contributed by atoms with Crippen molar-refractivity contribution in [3.63, 3.8) is 0 Å². The van der Waals surface area contributed by atoms with Crippen LogP contribution in [0.3, 0.4) is 0 Å². The van der Waals surface area contributed by atoms with E-state index in [9.17, 15) is 24.0 Å². The molecule has 0 unspecified atom stereocenters. The van der Waals surface area contributed by atoms with Gasteiger partial charge in [-0.3, -0.25) is 24.0 Å². The molecule has 122 valence electrons. The van der Waals surface area contributed by atoms with Crippen molar-refractivity contribution < 1.29 is 33.8 Å². The Morgan fingerprint density at radius 1 is 1.43 bits per heavy atom. The molecule has 2 rings (SSSR count). The van der Waals surface area contributed by atoms with Gasteiger partial charge in [0.2, 0.25) is 5.78 Å². The highest BCUT2D eigenvalue weighted by Gasteiger charge is 2.56. The number of H-pyrrole nitrogens is 1. The molecule has 1 aromatic rings. The van der Waals surface area contributed by atoms with Crippen LogP contribution in [0.25, 0.3) is 0 Å². The molecule has 0 aliphatic heterocycles. The largest absolute Gasteiger partial charge is 0.481 e. The van der Waals surface area contributed by atoms with Crippen molar-refractivity contribution >= 4 is 29.3 Å². The van der Waals surface area contributed by atoms with Crippen molar-refractivity contribution in [1.29, 1.82) is 0 Å². The number of hydrogen-bond donors (Lipinski definition) is 2. The number of carbonyl (C=O) groups is 5. The van der Waals surface area contributed by atoms with Gasteiger partial charge in [-0.15, -0.1) is 0 Å². The van der Waals surface area contributed by atoms with Crippen molar-refractivity contribution in [2.75, 3.05) is 0 Å². The number of Topliss-reactive ketones (excluding diaryl/α,β-unsaturated/α-hetero) is 3. The molecule has 1 fully saturated rings. The Morgan fingerprint density at radius 3 is 2.65 bits per heavy atom. The number of esters is 1. The first kappa shape index (κ1) is 16.5. The number of carboxylic acids is 1. The zero-order valence-corrected chi connectivity index (χ0v) is 12.2. The second-order valence-electron chi connectivity index (χ2n) is 5.31. The lowest BCUT2D eigenvalue weighted by Gasteiger charge is -2.22. The molecular weight excluding hydrogens is 308 g/mol. The molecule has 1 aromatic heterocycles. The summed E-state index contributed by atoms with van der Waals surface area (Å²) in [7, 11) is 0. The molecule has 2 N–H and O–H groups in total. The molecule has 1 aliphatic carbocycles. The van der Waals surface area contributed by atoms with Crippen LogP contribution in [-0.2, 0) is 23.9 Å². The predicted octanol–water partition coefficient (Wildman–Crippen LogP) is -0.0828. The molecule has 0 radical (unpaired) electrons. The minimum Gasteiger partial charge on any atom is -0.481 e. The Kier molecular flexibility index (Phi) is 4.39. The zero-order chi connectivity index (χ0) is 17.2. The second-order valence-corrected chi connectivity index (χ2v) is 5.31. The van der Waals surface area contributed by atoms with Crippen LogP contribution < -0.4 is 0 Å². The molecule has 9 nitrogen and oxygen atoms in total. The molecule has 23 heavy (non-hydrogen) atoms. The van der Waals surface area contributed by atoms with E-state index in [1.165, 1.54) is 12.4 Å². The van der Waals surface area contributed by atoms with E-state index in [2.05, 4.69) is 9.97 Å². The molecule has 1 aliphatic rings. The van der Waals surface area contributed by atoms with Gasteiger partial charge in [0.1, 0.15) is 11.5 Å². The SMILES string of the molecule is CC(=O)O[C@@H]1CC(=O)[C@@](CC(=O)O)(C(=O)C(=O)c2ncc[nH]2)C1. The summed E-state index contributed by atoms with van der Waals surface area (Å²) in [5.41, 5.74) is -2.03. The van der Waals surface area contributed by atoms with Gasteiger partial charge in [-0.05, 0) is 0 Å². The Hall–Kier alpha value is -2.84. The fourth-order valence-corrected chi connectivity index (χ4v) is 2.74. The maximum Gasteiger partial charge on any atom is 0.304 e. The highest BCUT2D eigenvalue weighted by Crippen LogP contribution is 2.41. The normalized spacial score (nSPS) is 23.5. The summed E-state index contributed by atoms with van der Waals surface area (Å²) in [5, 5.41) is 9.04. The Labute approximate surface area is 130 Å². The molecule has 1 saturated carbocycles. The lowest BCUT2D eigenvalue weighted by molar-refractivity contribution is -0.149. The number of imidazole rings is 1. The monoisotopic (exact) mass is 322 g/mol. The molecule has 1 heterocycles. The quantitative estimate of drug-likeness (QED) is 0.320. The van der Waals surface area contributed by atoms with Gasteiger partial charge in [0.25, 0.3) is 5.78 Å². The third-order valence-corrected chi connectivity index (χ3v) is 3.66. The summed E-state index contributed by atoms with van der Waals surface area (Å²) in [4.78, 5) is 65.1. The van der Waals surface area contributed by atoms with Gasteiger partial charge in [0, 0.05) is 32.2 Å². The second kappa shape index (κ2) is 6.11. The molecule has 0 amide bonds. The highest BCUT2D eigenvalue weighted by molar-refractivity contribution is 6.48. The number of rotatable bonds is 6. The van der Waals surface area contributed by atoms with Crippen molar-refractivity contribution in [2.45, 2.75) is 32.3 Å². The molecular formula is C14H14N2O7. The molecule has 9 heteroatoms. The van der Waals surface area contributed by atoms with E-state index in [1.807, 2.05) is 0 Å². The summed E-state index contributed by atoms with van der Waals surface area (Å²) in [6, 6.07) is 0. The van der Waals surface area contributed by atoms with Gasteiger partial charge in [-0.25, -0.2) is 4.98 Å². The van der Waals surface area contributed by atoms with Gasteiger partial charge in [-0.2, -0.15) is 0 Å². The highest BCUT2D eigenvalue weighted by atomic mass is 16.5. The van der Waals surface area contributed by atoms with Gasteiger partial charge in [-0.1, -0.05) is 0 Å². The van der Waals surface area contributed by atoms with Crippen LogP contribution in [0.4, 0.5) is 0 Å². The van der Waals surface area contributed by atoms with Crippen LogP contribution in [0.2, 0.25) is 0 Å². The first-order valence-corrected chi connectivity index (χ1v) is 6.77. The number of nitrogens with zero attached hydrogens (tertiary/aromatic N) is 1. The number of aromatic nitrogens is 2. The first-order chi connectivity index (χ1) is 10.8. The molecule has 2 atom stereocenters. The fourth-order valence-electron chi connectivity index (χ4n) is 2.74. The van der Waals surface area contributed by atoms with Gasteiger partial charge < -0.3 is 14.8 Å². The maximum absolute atomic E-state index is 12.5. The van der Waals surface area contributed by atoms with E-state index in [0.717, 1.165) is 6.92 Å². The van der Waals surface area contributed by atoms with Gasteiger partial charge in [0.15, 0.2) is 11.6 Å². The predicted molar refractivity (Wildman–Crippen MR) is 72.4 cm³/mol. The smallest absolute Gasteiger partial charge is 0.304 e. The van der Waals surface area contributed by atoms with Crippen LogP contribution in [0.1, 0.15) is 36.8 Å². The summed E-state index contributed by atoms with van der Waals surface area (Å²) in [6.45, 7) is 1.14. The summed E-state index contributed by atoms with van der Waals surface area (Å²) < 4.78 is 4.90. The minimum atomic E-state index is -2.03. The average Bonchev–Trinajstić information content (AvgIpc) is 3.05. The van der Waals surface area contributed by atoms with E-state index in [4.69, 9.17) is 9.84 Å². The molecule has 0 saturated heterocycles. The number of aromatic amines is 1. The number of carbonyl (C=O) groups excluding carboxylic acids is 4. The van der Waals surface area contributed by atoms with Gasteiger partial charge >= 0.3 is 11.9 Å². The summed E-state index contributed by atoms with van der Waals surface area (Å²) >= 11 is 0. The lowest BCUT2D eigenvalue weighted by Crippen LogP contribution is -2.42. The Bertz CT molecular complexity index is 679. The number of hydrogen-bond acceptors (Lipinski definition) is 7. The number of aliphatic carboxylic acids is 1. The third-order valence-electron chi connectivity index (χ3n) is 3.66. The van der Waals surface area contributed by atoms with Crippen LogP contribution in [0.5, 0.6) is 0 Å². The van der Waals surface area contributed by atoms with E-state index in [-0.39, 0.29) is 18.7 Å². The minimum absolute atomic E-state index is 0.275. The molecule has 0 spiro atoms. The van der Waals surface area contributed by atoms with Crippen molar-refractivity contribution in [3.8, 4) is 0 Å². The van der Waals surface area contributed by atoms with Gasteiger partial charge in [0.05, 0.1) is 6.42 Å². The van der Waals surface area contributed by atoms with E-state index in [0.29, 0.717) is 0 Å². The Balaban J connectivity index is 2.34. The van der Waals surface area contributed by atoms with Crippen molar-refractivity contribution in [2.24, 2.45) is 5.41 Å². The number of ether oxygens (including phenoxy) is 1. The Morgan fingerprint density at radius 2 is 2.13 bits per heavy atom. The maximum atomic E-state index is 12.5. The van der Waals surface area contributed by atoms with E-state index >= 15 is 0 Å². The summed E-state index contributed by atoms with van der Waals surface area (Å²) in [6.07, 6.45) is 0.181. The fraction of sp³-hybridized carbons (Fsp3) is 0.429. The number of nitrogens with one attached hydrogen (secondary N) is 1. The van der Waals surface area contributed by atoms with Crippen LogP contribution >= 0.6 is 0 Å². The summed E-state index contributed by atoms with van der Waals surface area (Å²) in [5.74, 6) is -5.29. The number of carboxylic acid groups (broad SMARTS) is 1. The number of ketones is 3. The van der Waals surface area contributed by atoms with E-state index < -0.39 is 47.2 Å². The molecule has 0 bridgehead atoms. The van der Waals surface area contributed by atoms with Crippen LogP contribution in [0, 0.1) is 5.41 Å². The third kappa shape index (κ3) is 3.17. The first-order valence-electron chi connectivity index (χ1n) is 6.77. The zero-order valence-electron chi connectivity index (χ0n) is 12.2. The average molecular weight is 322 g/mol. The standard InChI is InChI=1S/C14H14N2O7/c1-7(17)23-8-4-9(18)14(5-8,6-10(19)20)12(22)11(21)13-15-2-3-16-13/h2-3,8H,4-6H2,1H3,(H,15,16)(H,19,20)/t8-,14-/m1/s1. The van der Waals surface area contributed by atoms with Crippen molar-refractivity contribution in [1.82, 2.24) is 9.97 Å².